The van der Waals surface area contributed by atoms with Gasteiger partial charge in [-0.05, 0) is 42.3 Å². The average Bonchev–Trinajstić information content (AvgIpc) is 2.78. The standard InChI is InChI=1S/C17H19N3/c1-3-17-19-15-10-12(2)4-9-16(15)20(17)11-13-5-7-14(18)8-6-13/h4-10H,3,11,18H2,1-2H3. The van der Waals surface area contributed by atoms with Crippen molar-refractivity contribution in [2.45, 2.75) is 26.8 Å². The third-order valence-corrected chi connectivity index (χ3v) is 3.62. The predicted molar refractivity (Wildman–Crippen MR) is 83.8 cm³/mol. The first-order chi connectivity index (χ1) is 9.67. The van der Waals surface area contributed by atoms with E-state index in [1.54, 1.807) is 0 Å². The van der Waals surface area contributed by atoms with E-state index in [4.69, 9.17) is 10.7 Å². The number of aromatic nitrogens is 2. The van der Waals surface area contributed by atoms with Gasteiger partial charge in [0.05, 0.1) is 11.0 Å². The van der Waals surface area contributed by atoms with Crippen molar-refractivity contribution in [3.8, 4) is 0 Å². The number of nitrogen functional groups attached to an aromatic ring is 1. The number of imidazole rings is 1. The van der Waals surface area contributed by atoms with Gasteiger partial charge in [0.2, 0.25) is 0 Å². The number of nitrogens with two attached hydrogens (primary N) is 1. The van der Waals surface area contributed by atoms with Gasteiger partial charge in [-0.3, -0.25) is 0 Å². The van der Waals surface area contributed by atoms with Crippen LogP contribution in [0.15, 0.2) is 42.5 Å². The molecular weight excluding hydrogens is 246 g/mol. The summed E-state index contributed by atoms with van der Waals surface area (Å²) in [7, 11) is 0. The molecule has 0 atom stereocenters. The van der Waals surface area contributed by atoms with Gasteiger partial charge >= 0.3 is 0 Å². The first-order valence-corrected chi connectivity index (χ1v) is 6.97. The zero-order valence-electron chi connectivity index (χ0n) is 11.9. The number of hydrogen-bond acceptors (Lipinski definition) is 2. The summed E-state index contributed by atoms with van der Waals surface area (Å²) in [5.74, 6) is 1.13. The molecule has 3 rings (SSSR count). The fraction of sp³-hybridized carbons (Fsp3) is 0.235. The van der Waals surface area contributed by atoms with E-state index in [1.807, 2.05) is 12.1 Å². The van der Waals surface area contributed by atoms with Crippen LogP contribution in [0.1, 0.15) is 23.9 Å². The van der Waals surface area contributed by atoms with Crippen molar-refractivity contribution in [3.63, 3.8) is 0 Å². The lowest BCUT2D eigenvalue weighted by atomic mass is 10.2. The Kier molecular flexibility index (Phi) is 3.18. The number of hydrogen-bond donors (Lipinski definition) is 1. The van der Waals surface area contributed by atoms with E-state index in [1.165, 1.54) is 16.6 Å². The number of anilines is 1. The summed E-state index contributed by atoms with van der Waals surface area (Å²) >= 11 is 0. The monoisotopic (exact) mass is 265 g/mol. The van der Waals surface area contributed by atoms with Gasteiger partial charge in [0.25, 0.3) is 0 Å². The van der Waals surface area contributed by atoms with E-state index in [0.29, 0.717) is 0 Å². The highest BCUT2D eigenvalue weighted by Crippen LogP contribution is 2.20. The third-order valence-electron chi connectivity index (χ3n) is 3.62. The summed E-state index contributed by atoms with van der Waals surface area (Å²) in [4.78, 5) is 4.74. The van der Waals surface area contributed by atoms with E-state index in [2.05, 4.69) is 48.7 Å². The Morgan fingerprint density at radius 1 is 1.10 bits per heavy atom. The molecule has 2 N–H and O–H groups in total. The molecule has 3 nitrogen and oxygen atoms in total. The van der Waals surface area contributed by atoms with Crippen LogP contribution in [0.4, 0.5) is 5.69 Å². The van der Waals surface area contributed by atoms with Crippen LogP contribution in [0.3, 0.4) is 0 Å². The number of benzene rings is 2. The van der Waals surface area contributed by atoms with Crippen LogP contribution in [0.5, 0.6) is 0 Å². The smallest absolute Gasteiger partial charge is 0.109 e. The van der Waals surface area contributed by atoms with Crippen molar-refractivity contribution < 1.29 is 0 Å². The average molecular weight is 265 g/mol. The van der Waals surface area contributed by atoms with Gasteiger partial charge in [-0.1, -0.05) is 25.1 Å². The molecule has 0 aliphatic heterocycles. The van der Waals surface area contributed by atoms with E-state index in [-0.39, 0.29) is 0 Å². The zero-order chi connectivity index (χ0) is 14.1. The van der Waals surface area contributed by atoms with Gasteiger partial charge in [0.15, 0.2) is 0 Å². The maximum Gasteiger partial charge on any atom is 0.109 e. The summed E-state index contributed by atoms with van der Waals surface area (Å²) < 4.78 is 2.29. The lowest BCUT2D eigenvalue weighted by Crippen LogP contribution is -2.04. The molecule has 0 unspecified atom stereocenters. The number of nitrogens with zero attached hydrogens (tertiary/aromatic N) is 2. The molecule has 3 heteroatoms. The van der Waals surface area contributed by atoms with Crippen molar-refractivity contribution in [1.29, 1.82) is 0 Å². The van der Waals surface area contributed by atoms with Gasteiger partial charge in [0.1, 0.15) is 5.82 Å². The van der Waals surface area contributed by atoms with Gasteiger partial charge in [-0.15, -0.1) is 0 Å². The van der Waals surface area contributed by atoms with Gasteiger partial charge in [-0.25, -0.2) is 4.98 Å². The van der Waals surface area contributed by atoms with Crippen LogP contribution in [0, 0.1) is 6.92 Å². The Bertz CT molecular complexity index is 739. The first kappa shape index (κ1) is 12.7. The summed E-state index contributed by atoms with van der Waals surface area (Å²) in [6, 6.07) is 14.5. The van der Waals surface area contributed by atoms with Crippen LogP contribution in [-0.4, -0.2) is 9.55 Å². The molecule has 0 fully saturated rings. The fourth-order valence-electron chi connectivity index (χ4n) is 2.54. The Labute approximate surface area is 119 Å². The van der Waals surface area contributed by atoms with Gasteiger partial charge in [0, 0.05) is 18.7 Å². The van der Waals surface area contributed by atoms with Crippen LogP contribution in [0.25, 0.3) is 11.0 Å². The number of aryl methyl sites for hydroxylation is 2. The largest absolute Gasteiger partial charge is 0.399 e. The molecule has 0 aliphatic rings. The molecular formula is C17H19N3. The highest BCUT2D eigenvalue weighted by molar-refractivity contribution is 5.77. The lowest BCUT2D eigenvalue weighted by Gasteiger charge is -2.08. The Morgan fingerprint density at radius 2 is 1.85 bits per heavy atom. The molecule has 1 heterocycles. The van der Waals surface area contributed by atoms with Gasteiger partial charge in [-0.2, -0.15) is 0 Å². The van der Waals surface area contributed by atoms with Crippen molar-refractivity contribution >= 4 is 16.7 Å². The second-order valence-corrected chi connectivity index (χ2v) is 5.20. The van der Waals surface area contributed by atoms with E-state index in [0.717, 1.165) is 30.0 Å². The molecule has 0 spiro atoms. The SMILES string of the molecule is CCc1nc2cc(C)ccc2n1Cc1ccc(N)cc1. The normalized spacial score (nSPS) is 11.1. The van der Waals surface area contributed by atoms with Crippen LogP contribution < -0.4 is 5.73 Å². The van der Waals surface area contributed by atoms with Crippen LogP contribution in [0.2, 0.25) is 0 Å². The van der Waals surface area contributed by atoms with E-state index >= 15 is 0 Å². The maximum atomic E-state index is 5.74. The van der Waals surface area contributed by atoms with Crippen molar-refractivity contribution in [2.75, 3.05) is 5.73 Å². The quantitative estimate of drug-likeness (QED) is 0.736. The van der Waals surface area contributed by atoms with E-state index < -0.39 is 0 Å². The molecule has 0 saturated heterocycles. The van der Waals surface area contributed by atoms with E-state index in [9.17, 15) is 0 Å². The predicted octanol–water partition coefficient (Wildman–Crippen LogP) is 3.54. The lowest BCUT2D eigenvalue weighted by molar-refractivity contribution is 0.753. The minimum Gasteiger partial charge on any atom is -0.399 e. The Hall–Kier alpha value is -2.29. The molecule has 2 aromatic carbocycles. The zero-order valence-corrected chi connectivity index (χ0v) is 11.9. The van der Waals surface area contributed by atoms with Gasteiger partial charge < -0.3 is 10.3 Å². The maximum absolute atomic E-state index is 5.74. The summed E-state index contributed by atoms with van der Waals surface area (Å²) in [6.07, 6.45) is 0.933. The molecule has 0 amide bonds. The molecule has 20 heavy (non-hydrogen) atoms. The fourth-order valence-corrected chi connectivity index (χ4v) is 2.54. The van der Waals surface area contributed by atoms with Crippen LogP contribution in [-0.2, 0) is 13.0 Å². The molecule has 102 valence electrons. The van der Waals surface area contributed by atoms with Crippen molar-refractivity contribution in [1.82, 2.24) is 9.55 Å². The Balaban J connectivity index is 2.07. The van der Waals surface area contributed by atoms with Crippen molar-refractivity contribution in [2.24, 2.45) is 0 Å². The molecule has 0 bridgehead atoms. The number of fused-ring (bicyclic) bond motifs is 1. The molecule has 0 saturated carbocycles. The molecule has 3 aromatic rings. The first-order valence-electron chi connectivity index (χ1n) is 6.97. The summed E-state index contributed by atoms with van der Waals surface area (Å²) in [5, 5.41) is 0. The second-order valence-electron chi connectivity index (χ2n) is 5.20. The minimum absolute atomic E-state index is 0.801. The molecule has 0 aliphatic carbocycles. The summed E-state index contributed by atoms with van der Waals surface area (Å²) in [5.41, 5.74) is 11.3. The topological polar surface area (TPSA) is 43.8 Å². The third kappa shape index (κ3) is 2.27. The highest BCUT2D eigenvalue weighted by atomic mass is 15.1. The number of rotatable bonds is 3. The second kappa shape index (κ2) is 5.00. The highest BCUT2D eigenvalue weighted by Gasteiger charge is 2.09. The minimum atomic E-state index is 0.801. The molecule has 1 aromatic heterocycles. The van der Waals surface area contributed by atoms with Crippen molar-refractivity contribution in [3.05, 3.63) is 59.4 Å². The molecule has 0 radical (unpaired) electrons. The Morgan fingerprint density at radius 3 is 2.55 bits per heavy atom. The summed E-state index contributed by atoms with van der Waals surface area (Å²) in [6.45, 7) is 5.08. The van der Waals surface area contributed by atoms with Crippen LogP contribution >= 0.6 is 0 Å².